The first kappa shape index (κ1) is 15.2. The van der Waals surface area contributed by atoms with Gasteiger partial charge in [-0.25, -0.2) is 4.68 Å². The molecule has 114 valence electrons. The van der Waals surface area contributed by atoms with E-state index in [0.717, 1.165) is 13.0 Å². The van der Waals surface area contributed by atoms with E-state index in [1.807, 2.05) is 6.07 Å². The number of anilines is 2. The maximum Gasteiger partial charge on any atom is 0.257 e. The summed E-state index contributed by atoms with van der Waals surface area (Å²) in [6, 6.07) is 2.12. The molecule has 0 aliphatic rings. The van der Waals surface area contributed by atoms with Crippen molar-refractivity contribution in [3.8, 4) is 5.95 Å². The van der Waals surface area contributed by atoms with E-state index in [2.05, 4.69) is 45.7 Å². The SMILES string of the molecule is CCCCCN(c1nc(N)nc(-n2cccn2)n1)C(C)C. The number of nitrogen functional groups attached to an aromatic ring is 1. The molecule has 0 fully saturated rings. The molecule has 7 nitrogen and oxygen atoms in total. The molecule has 0 aromatic carbocycles. The summed E-state index contributed by atoms with van der Waals surface area (Å²) in [5.74, 6) is 1.27. The molecular formula is C14H23N7. The van der Waals surface area contributed by atoms with E-state index in [0.29, 0.717) is 17.9 Å². The zero-order chi connectivity index (χ0) is 15.2. The van der Waals surface area contributed by atoms with Crippen molar-refractivity contribution >= 4 is 11.9 Å². The second-order valence-electron chi connectivity index (χ2n) is 5.24. The first-order chi connectivity index (χ1) is 10.1. The fourth-order valence-corrected chi connectivity index (χ4v) is 2.11. The van der Waals surface area contributed by atoms with Gasteiger partial charge in [-0.15, -0.1) is 0 Å². The molecule has 0 saturated carbocycles. The summed E-state index contributed by atoms with van der Waals surface area (Å²) in [5, 5.41) is 4.14. The van der Waals surface area contributed by atoms with Crippen LogP contribution in [0.3, 0.4) is 0 Å². The Morgan fingerprint density at radius 1 is 1.24 bits per heavy atom. The Hall–Kier alpha value is -2.18. The van der Waals surface area contributed by atoms with Gasteiger partial charge in [0, 0.05) is 25.0 Å². The molecule has 7 heteroatoms. The fourth-order valence-electron chi connectivity index (χ4n) is 2.11. The van der Waals surface area contributed by atoms with Gasteiger partial charge in [0.1, 0.15) is 0 Å². The average molecular weight is 289 g/mol. The molecule has 0 unspecified atom stereocenters. The van der Waals surface area contributed by atoms with Crippen LogP contribution in [-0.2, 0) is 0 Å². The number of hydrogen-bond donors (Lipinski definition) is 1. The molecule has 0 spiro atoms. The van der Waals surface area contributed by atoms with E-state index < -0.39 is 0 Å². The Balaban J connectivity index is 2.27. The number of nitrogens with two attached hydrogens (primary N) is 1. The van der Waals surface area contributed by atoms with Crippen molar-refractivity contribution in [1.29, 1.82) is 0 Å². The van der Waals surface area contributed by atoms with Gasteiger partial charge in [0.05, 0.1) is 0 Å². The quantitative estimate of drug-likeness (QED) is 0.785. The maximum atomic E-state index is 5.83. The van der Waals surface area contributed by atoms with Crippen molar-refractivity contribution in [1.82, 2.24) is 24.7 Å². The second-order valence-corrected chi connectivity index (χ2v) is 5.24. The van der Waals surface area contributed by atoms with Crippen LogP contribution in [0, 0.1) is 0 Å². The number of aromatic nitrogens is 5. The van der Waals surface area contributed by atoms with E-state index in [4.69, 9.17) is 5.73 Å². The van der Waals surface area contributed by atoms with Crippen molar-refractivity contribution in [3.63, 3.8) is 0 Å². The summed E-state index contributed by atoms with van der Waals surface area (Å²) in [5.41, 5.74) is 5.83. The normalized spacial score (nSPS) is 11.0. The summed E-state index contributed by atoms with van der Waals surface area (Å²) in [6.07, 6.45) is 6.95. The lowest BCUT2D eigenvalue weighted by Crippen LogP contribution is -2.34. The highest BCUT2D eigenvalue weighted by molar-refractivity contribution is 5.38. The summed E-state index contributed by atoms with van der Waals surface area (Å²) < 4.78 is 1.59. The lowest BCUT2D eigenvalue weighted by atomic mass is 10.2. The molecule has 0 radical (unpaired) electrons. The smallest absolute Gasteiger partial charge is 0.257 e. The Kier molecular flexibility index (Phi) is 5.08. The third-order valence-electron chi connectivity index (χ3n) is 3.22. The molecule has 0 atom stereocenters. The van der Waals surface area contributed by atoms with Crippen molar-refractivity contribution in [2.75, 3.05) is 17.2 Å². The molecular weight excluding hydrogens is 266 g/mol. The Morgan fingerprint density at radius 2 is 2.05 bits per heavy atom. The molecule has 0 saturated heterocycles. The lowest BCUT2D eigenvalue weighted by Gasteiger charge is -2.26. The molecule has 21 heavy (non-hydrogen) atoms. The topological polar surface area (TPSA) is 85.8 Å². The fraction of sp³-hybridized carbons (Fsp3) is 0.571. The molecule has 2 N–H and O–H groups in total. The van der Waals surface area contributed by atoms with Crippen LogP contribution in [0.4, 0.5) is 11.9 Å². The number of rotatable bonds is 7. The molecule has 2 rings (SSSR count). The third-order valence-corrected chi connectivity index (χ3v) is 3.22. The predicted molar refractivity (Wildman–Crippen MR) is 83.4 cm³/mol. The van der Waals surface area contributed by atoms with Gasteiger partial charge >= 0.3 is 0 Å². The molecule has 2 heterocycles. The summed E-state index contributed by atoms with van der Waals surface area (Å²) in [7, 11) is 0. The first-order valence-electron chi connectivity index (χ1n) is 7.40. The lowest BCUT2D eigenvalue weighted by molar-refractivity contribution is 0.609. The monoisotopic (exact) mass is 289 g/mol. The first-order valence-corrected chi connectivity index (χ1v) is 7.40. The molecule has 0 aliphatic carbocycles. The van der Waals surface area contributed by atoms with Crippen molar-refractivity contribution in [2.24, 2.45) is 0 Å². The highest BCUT2D eigenvalue weighted by Gasteiger charge is 2.16. The minimum atomic E-state index is 0.214. The summed E-state index contributed by atoms with van der Waals surface area (Å²) >= 11 is 0. The van der Waals surface area contributed by atoms with Gasteiger partial charge < -0.3 is 10.6 Å². The van der Waals surface area contributed by atoms with Crippen LogP contribution in [0.1, 0.15) is 40.0 Å². The molecule has 0 aliphatic heterocycles. The number of hydrogen-bond acceptors (Lipinski definition) is 6. The predicted octanol–water partition coefficient (Wildman–Crippen LogP) is 2.04. The molecule has 2 aromatic rings. The van der Waals surface area contributed by atoms with Crippen LogP contribution in [0.5, 0.6) is 0 Å². The Morgan fingerprint density at radius 3 is 2.67 bits per heavy atom. The minimum absolute atomic E-state index is 0.214. The molecule has 0 bridgehead atoms. The van der Waals surface area contributed by atoms with Gasteiger partial charge in [-0.1, -0.05) is 19.8 Å². The number of nitrogens with zero attached hydrogens (tertiary/aromatic N) is 6. The minimum Gasteiger partial charge on any atom is -0.368 e. The van der Waals surface area contributed by atoms with Gasteiger partial charge in [0.25, 0.3) is 5.95 Å². The van der Waals surface area contributed by atoms with Crippen LogP contribution in [-0.4, -0.2) is 37.3 Å². The largest absolute Gasteiger partial charge is 0.368 e. The van der Waals surface area contributed by atoms with Gasteiger partial charge in [0.15, 0.2) is 0 Å². The van der Waals surface area contributed by atoms with Gasteiger partial charge in [-0.2, -0.15) is 20.1 Å². The maximum absolute atomic E-state index is 5.83. The summed E-state index contributed by atoms with van der Waals surface area (Å²) in [4.78, 5) is 15.1. The van der Waals surface area contributed by atoms with Crippen LogP contribution >= 0.6 is 0 Å². The van der Waals surface area contributed by atoms with Crippen LogP contribution in [0.25, 0.3) is 5.95 Å². The van der Waals surface area contributed by atoms with E-state index in [1.54, 1.807) is 17.1 Å². The van der Waals surface area contributed by atoms with Gasteiger partial charge in [0.2, 0.25) is 11.9 Å². The van der Waals surface area contributed by atoms with Crippen LogP contribution in [0.2, 0.25) is 0 Å². The van der Waals surface area contributed by atoms with Crippen molar-refractivity contribution in [3.05, 3.63) is 18.5 Å². The van der Waals surface area contributed by atoms with E-state index in [1.165, 1.54) is 12.8 Å². The standard InChI is InChI=1S/C14H23N7/c1-4-5-6-9-20(11(2)3)13-17-12(15)18-14(19-13)21-10-7-8-16-21/h7-8,10-11H,4-6,9H2,1-3H3,(H2,15,17,18,19). The van der Waals surface area contributed by atoms with E-state index in [-0.39, 0.29) is 5.95 Å². The molecule has 0 amide bonds. The Labute approximate surface area is 125 Å². The third kappa shape index (κ3) is 3.90. The van der Waals surface area contributed by atoms with Crippen molar-refractivity contribution in [2.45, 2.75) is 46.1 Å². The highest BCUT2D eigenvalue weighted by atomic mass is 15.4. The van der Waals surface area contributed by atoms with Gasteiger partial charge in [-0.3, -0.25) is 0 Å². The highest BCUT2D eigenvalue weighted by Crippen LogP contribution is 2.15. The zero-order valence-corrected chi connectivity index (χ0v) is 12.9. The number of unbranched alkanes of at least 4 members (excludes halogenated alkanes) is 2. The molecule has 2 aromatic heterocycles. The van der Waals surface area contributed by atoms with Crippen molar-refractivity contribution < 1.29 is 0 Å². The zero-order valence-electron chi connectivity index (χ0n) is 12.9. The van der Waals surface area contributed by atoms with Gasteiger partial charge in [-0.05, 0) is 26.3 Å². The van der Waals surface area contributed by atoms with Crippen LogP contribution in [0.15, 0.2) is 18.5 Å². The van der Waals surface area contributed by atoms with Crippen LogP contribution < -0.4 is 10.6 Å². The van der Waals surface area contributed by atoms with E-state index >= 15 is 0 Å². The Bertz CT molecular complexity index is 550. The van der Waals surface area contributed by atoms with E-state index in [9.17, 15) is 0 Å². The average Bonchev–Trinajstić information content (AvgIpc) is 2.96. The summed E-state index contributed by atoms with van der Waals surface area (Å²) in [6.45, 7) is 7.35. The second kappa shape index (κ2) is 7.01.